The van der Waals surface area contributed by atoms with E-state index in [0.717, 1.165) is 9.13 Å². The average Bonchev–Trinajstić information content (AvgIpc) is 3.28. The van der Waals surface area contributed by atoms with Gasteiger partial charge in [0.1, 0.15) is 31.2 Å². The molecule has 1 fully saturated rings. The summed E-state index contributed by atoms with van der Waals surface area (Å²) in [6.45, 7) is 0.332. The van der Waals surface area contributed by atoms with Gasteiger partial charge in [-0.1, -0.05) is 12.1 Å². The largest absolute Gasteiger partial charge is 0.447 e. The van der Waals surface area contributed by atoms with Crippen molar-refractivity contribution in [1.82, 2.24) is 19.5 Å². The summed E-state index contributed by atoms with van der Waals surface area (Å²) in [6, 6.07) is 8.15. The second-order valence-electron chi connectivity index (χ2n) is 7.18. The molecule has 4 rings (SSSR count). The molecule has 4 atom stereocenters. The van der Waals surface area contributed by atoms with Crippen LogP contribution in [0, 0.1) is 3.57 Å². The third-order valence-electron chi connectivity index (χ3n) is 5.01. The lowest BCUT2D eigenvalue weighted by molar-refractivity contribution is -0.0526. The molecule has 11 nitrogen and oxygen atoms in total. The number of aromatic nitrogens is 4. The highest BCUT2D eigenvalue weighted by molar-refractivity contribution is 14.1. The molecule has 0 bridgehead atoms. The molecule has 1 amide bonds. The van der Waals surface area contributed by atoms with Crippen molar-refractivity contribution in [3.63, 3.8) is 0 Å². The molecule has 3 heterocycles. The zero-order valence-corrected chi connectivity index (χ0v) is 18.7. The quantitative estimate of drug-likeness (QED) is 0.386. The van der Waals surface area contributed by atoms with E-state index in [1.165, 1.54) is 17.2 Å². The molecule has 1 aromatic carbocycles. The van der Waals surface area contributed by atoms with Crippen molar-refractivity contribution >= 4 is 45.7 Å². The van der Waals surface area contributed by atoms with Crippen LogP contribution < -0.4 is 10.6 Å². The molecule has 1 saturated heterocycles. The minimum Gasteiger partial charge on any atom is -0.447 e. The van der Waals surface area contributed by atoms with E-state index < -0.39 is 30.6 Å². The van der Waals surface area contributed by atoms with E-state index in [4.69, 9.17) is 15.2 Å². The first-order valence-electron chi connectivity index (χ1n) is 9.42. The number of carbonyl (C=O) groups excluding carboxylic acids is 1. The molecule has 2 unspecified atom stereocenters. The van der Waals surface area contributed by atoms with E-state index in [2.05, 4.69) is 43.6 Å². The number of anilines is 1. The van der Waals surface area contributed by atoms with Gasteiger partial charge in [0, 0.05) is 17.2 Å². The Bertz CT molecular complexity index is 1090. The van der Waals surface area contributed by atoms with Crippen LogP contribution in [0.1, 0.15) is 11.8 Å². The van der Waals surface area contributed by atoms with Gasteiger partial charge in [0.05, 0.1) is 6.33 Å². The molecule has 1 aliphatic heterocycles. The number of carbonyl (C=O) groups is 1. The van der Waals surface area contributed by atoms with Crippen molar-refractivity contribution in [1.29, 1.82) is 0 Å². The molecule has 1 aliphatic rings. The summed E-state index contributed by atoms with van der Waals surface area (Å²) in [5.41, 5.74) is 7.05. The number of halogens is 1. The maximum absolute atomic E-state index is 10.8. The Morgan fingerprint density at radius 2 is 2.13 bits per heavy atom. The van der Waals surface area contributed by atoms with E-state index in [1.807, 2.05) is 30.1 Å². The molecule has 2 aromatic heterocycles. The number of amides is 1. The van der Waals surface area contributed by atoms with Crippen molar-refractivity contribution in [2.75, 3.05) is 18.6 Å². The summed E-state index contributed by atoms with van der Waals surface area (Å²) < 4.78 is 13.1. The number of hydrogen-bond acceptors (Lipinski definition) is 9. The van der Waals surface area contributed by atoms with Crippen LogP contribution in [-0.2, 0) is 16.0 Å². The fourth-order valence-electron chi connectivity index (χ4n) is 3.55. The number of nitrogens with two attached hydrogens (primary N) is 1. The minimum absolute atomic E-state index is 0.282. The number of benzene rings is 1. The zero-order valence-electron chi connectivity index (χ0n) is 16.5. The topological polar surface area (TPSA) is 149 Å². The molecular formula is C19H21IN6O5. The van der Waals surface area contributed by atoms with Gasteiger partial charge in [-0.25, -0.2) is 19.7 Å². The van der Waals surface area contributed by atoms with Gasteiger partial charge in [-0.2, -0.15) is 0 Å². The maximum Gasteiger partial charge on any atom is 0.404 e. The van der Waals surface area contributed by atoms with E-state index in [0.29, 0.717) is 23.5 Å². The number of hydrogen-bond donors (Lipinski definition) is 3. The van der Waals surface area contributed by atoms with Gasteiger partial charge < -0.3 is 30.3 Å². The Kier molecular flexibility index (Phi) is 6.22. The van der Waals surface area contributed by atoms with Crippen LogP contribution >= 0.6 is 22.6 Å². The smallest absolute Gasteiger partial charge is 0.404 e. The number of fused-ring (bicyclic) bond motifs is 1. The monoisotopic (exact) mass is 540 g/mol. The SMILES string of the molecule is CN(Cc1cccc(I)c1)c1ncnc2c1ncn2[C@@H]1O[C@H](COC(N)=O)C(O)C1O. The van der Waals surface area contributed by atoms with Crippen molar-refractivity contribution in [3.05, 3.63) is 46.1 Å². The fraction of sp³-hybridized carbons (Fsp3) is 0.368. The molecule has 164 valence electrons. The molecule has 31 heavy (non-hydrogen) atoms. The molecule has 0 aliphatic carbocycles. The van der Waals surface area contributed by atoms with Crippen molar-refractivity contribution in [2.24, 2.45) is 5.73 Å². The van der Waals surface area contributed by atoms with Crippen LogP contribution in [0.15, 0.2) is 36.9 Å². The summed E-state index contributed by atoms with van der Waals surface area (Å²) in [5, 5.41) is 20.7. The first-order valence-corrected chi connectivity index (χ1v) is 10.5. The molecule has 0 radical (unpaired) electrons. The van der Waals surface area contributed by atoms with Crippen molar-refractivity contribution in [2.45, 2.75) is 31.1 Å². The molecular weight excluding hydrogens is 519 g/mol. The Hall–Kier alpha value is -2.55. The number of aliphatic hydroxyl groups is 2. The maximum atomic E-state index is 10.8. The summed E-state index contributed by atoms with van der Waals surface area (Å²) >= 11 is 2.27. The van der Waals surface area contributed by atoms with Gasteiger partial charge in [-0.3, -0.25) is 4.57 Å². The highest BCUT2D eigenvalue weighted by Crippen LogP contribution is 2.33. The Morgan fingerprint density at radius 1 is 1.32 bits per heavy atom. The number of aliphatic hydroxyl groups excluding tert-OH is 2. The Labute approximate surface area is 191 Å². The second-order valence-corrected chi connectivity index (χ2v) is 8.43. The van der Waals surface area contributed by atoms with Crippen LogP contribution in [0.4, 0.5) is 10.6 Å². The predicted molar refractivity (Wildman–Crippen MR) is 118 cm³/mol. The van der Waals surface area contributed by atoms with Crippen LogP contribution in [0.5, 0.6) is 0 Å². The van der Waals surface area contributed by atoms with Gasteiger partial charge in [-0.05, 0) is 40.3 Å². The molecule has 4 N–H and O–H groups in total. The van der Waals surface area contributed by atoms with E-state index in [1.54, 1.807) is 0 Å². The highest BCUT2D eigenvalue weighted by Gasteiger charge is 2.45. The van der Waals surface area contributed by atoms with Crippen LogP contribution in [-0.4, -0.2) is 67.8 Å². The summed E-state index contributed by atoms with van der Waals surface area (Å²) in [6.07, 6.45) is -2.56. The summed E-state index contributed by atoms with van der Waals surface area (Å²) in [5.74, 6) is 0.615. The van der Waals surface area contributed by atoms with Crippen LogP contribution in [0.3, 0.4) is 0 Å². The van der Waals surface area contributed by atoms with E-state index in [-0.39, 0.29) is 6.61 Å². The van der Waals surface area contributed by atoms with Gasteiger partial charge in [0.25, 0.3) is 0 Å². The number of nitrogens with zero attached hydrogens (tertiary/aromatic N) is 5. The van der Waals surface area contributed by atoms with E-state index in [9.17, 15) is 15.0 Å². The average molecular weight is 540 g/mol. The lowest BCUT2D eigenvalue weighted by Crippen LogP contribution is -2.35. The highest BCUT2D eigenvalue weighted by atomic mass is 127. The Morgan fingerprint density at radius 3 is 2.87 bits per heavy atom. The number of ether oxygens (including phenoxy) is 2. The third kappa shape index (κ3) is 4.42. The van der Waals surface area contributed by atoms with E-state index >= 15 is 0 Å². The van der Waals surface area contributed by atoms with Gasteiger partial charge in [-0.15, -0.1) is 0 Å². The Balaban J connectivity index is 1.59. The van der Waals surface area contributed by atoms with Gasteiger partial charge in [0.2, 0.25) is 0 Å². The molecule has 12 heteroatoms. The van der Waals surface area contributed by atoms with Crippen molar-refractivity contribution in [3.8, 4) is 0 Å². The normalized spacial score (nSPS) is 23.2. The first-order chi connectivity index (χ1) is 14.8. The number of primary amides is 1. The number of rotatable bonds is 6. The van der Waals surface area contributed by atoms with Gasteiger partial charge >= 0.3 is 6.09 Å². The van der Waals surface area contributed by atoms with Crippen LogP contribution in [0.25, 0.3) is 11.2 Å². The molecule has 0 saturated carbocycles. The third-order valence-corrected chi connectivity index (χ3v) is 5.68. The van der Waals surface area contributed by atoms with Crippen molar-refractivity contribution < 1.29 is 24.5 Å². The lowest BCUT2D eigenvalue weighted by atomic mass is 10.1. The number of imidazole rings is 1. The zero-order chi connectivity index (χ0) is 22.1. The minimum atomic E-state index is -1.28. The molecule has 3 aromatic rings. The van der Waals surface area contributed by atoms with Crippen LogP contribution in [0.2, 0.25) is 0 Å². The first kappa shape index (κ1) is 21.7. The second kappa shape index (κ2) is 8.90. The predicted octanol–water partition coefficient (Wildman–Crippen LogP) is 0.782. The molecule has 0 spiro atoms. The fourth-order valence-corrected chi connectivity index (χ4v) is 4.16. The standard InChI is InChI=1S/C19H21IN6O5/c1-25(6-10-3-2-4-11(20)5-10)16-13-17(23-8-22-16)26(9-24-13)18-15(28)14(27)12(31-18)7-30-19(21)29/h2-5,8-9,12,14-15,18,27-28H,6-7H2,1H3,(H2,21,29)/t12-,14?,15?,18-/m1/s1. The van der Waals surface area contributed by atoms with Gasteiger partial charge in [0.15, 0.2) is 23.2 Å². The summed E-state index contributed by atoms with van der Waals surface area (Å²) in [4.78, 5) is 25.9. The summed E-state index contributed by atoms with van der Waals surface area (Å²) in [7, 11) is 1.91. The lowest BCUT2D eigenvalue weighted by Gasteiger charge is -2.19.